The van der Waals surface area contributed by atoms with Crippen molar-refractivity contribution in [3.63, 3.8) is 0 Å². The molecule has 20 heavy (non-hydrogen) atoms. The third-order valence-corrected chi connectivity index (χ3v) is 5.76. The first kappa shape index (κ1) is 15.2. The third kappa shape index (κ3) is 2.77. The second-order valence-electron chi connectivity index (χ2n) is 5.35. The Kier molecular flexibility index (Phi) is 4.27. The summed E-state index contributed by atoms with van der Waals surface area (Å²) in [7, 11) is -3.56. The summed E-state index contributed by atoms with van der Waals surface area (Å²) in [5.74, 6) is 0.0621. The molecule has 0 spiro atoms. The molecule has 2 N–H and O–H groups in total. The summed E-state index contributed by atoms with van der Waals surface area (Å²) in [6.45, 7) is 4.25. The van der Waals surface area contributed by atoms with Gasteiger partial charge >= 0.3 is 0 Å². The lowest BCUT2D eigenvalue weighted by atomic mass is 10.1. The van der Waals surface area contributed by atoms with Crippen molar-refractivity contribution in [2.45, 2.75) is 31.2 Å². The molecule has 2 atom stereocenters. The zero-order chi connectivity index (χ0) is 14.9. The number of rotatable bonds is 4. The SMILES string of the molecule is CC(=O)c1cccc(S(=O)(=O)N2CC(CN)CC2C)c1. The van der Waals surface area contributed by atoms with E-state index in [2.05, 4.69) is 0 Å². The minimum atomic E-state index is -3.56. The first-order valence-corrected chi connectivity index (χ1v) is 8.13. The van der Waals surface area contributed by atoms with Gasteiger partial charge in [0.25, 0.3) is 0 Å². The number of hydrogen-bond acceptors (Lipinski definition) is 4. The van der Waals surface area contributed by atoms with Crippen molar-refractivity contribution < 1.29 is 13.2 Å². The van der Waals surface area contributed by atoms with Gasteiger partial charge < -0.3 is 5.73 Å². The molecule has 0 aliphatic carbocycles. The van der Waals surface area contributed by atoms with Crippen LogP contribution < -0.4 is 5.73 Å². The van der Waals surface area contributed by atoms with Gasteiger partial charge in [-0.25, -0.2) is 8.42 Å². The monoisotopic (exact) mass is 296 g/mol. The van der Waals surface area contributed by atoms with Gasteiger partial charge in [-0.3, -0.25) is 4.79 Å². The van der Waals surface area contributed by atoms with Gasteiger partial charge in [-0.15, -0.1) is 0 Å². The quantitative estimate of drug-likeness (QED) is 0.848. The molecule has 1 saturated heterocycles. The number of nitrogens with zero attached hydrogens (tertiary/aromatic N) is 1. The highest BCUT2D eigenvalue weighted by Gasteiger charge is 2.37. The summed E-state index contributed by atoms with van der Waals surface area (Å²) in [4.78, 5) is 11.6. The highest BCUT2D eigenvalue weighted by Crippen LogP contribution is 2.29. The molecule has 2 rings (SSSR count). The first-order valence-electron chi connectivity index (χ1n) is 6.69. The van der Waals surface area contributed by atoms with Crippen LogP contribution in [0.15, 0.2) is 29.2 Å². The fourth-order valence-electron chi connectivity index (χ4n) is 2.63. The lowest BCUT2D eigenvalue weighted by Crippen LogP contribution is -2.34. The van der Waals surface area contributed by atoms with Crippen LogP contribution in [0.4, 0.5) is 0 Å². The van der Waals surface area contributed by atoms with Crippen molar-refractivity contribution in [2.75, 3.05) is 13.1 Å². The summed E-state index contributed by atoms with van der Waals surface area (Å²) in [6.07, 6.45) is 0.780. The molecule has 1 aliphatic heterocycles. The Morgan fingerprint density at radius 1 is 1.45 bits per heavy atom. The van der Waals surface area contributed by atoms with E-state index in [1.54, 1.807) is 12.1 Å². The van der Waals surface area contributed by atoms with E-state index in [-0.39, 0.29) is 22.6 Å². The van der Waals surface area contributed by atoms with Gasteiger partial charge in [0.05, 0.1) is 4.90 Å². The Bertz CT molecular complexity index is 613. The lowest BCUT2D eigenvalue weighted by Gasteiger charge is -2.21. The molecule has 6 heteroatoms. The highest BCUT2D eigenvalue weighted by molar-refractivity contribution is 7.89. The van der Waals surface area contributed by atoms with Crippen LogP contribution in [0.25, 0.3) is 0 Å². The Labute approximate surface area is 119 Å². The minimum Gasteiger partial charge on any atom is -0.330 e. The molecular weight excluding hydrogens is 276 g/mol. The van der Waals surface area contributed by atoms with E-state index in [9.17, 15) is 13.2 Å². The van der Waals surface area contributed by atoms with E-state index in [0.29, 0.717) is 18.7 Å². The summed E-state index contributed by atoms with van der Waals surface area (Å²) in [5.41, 5.74) is 6.05. The molecule has 1 aromatic rings. The molecule has 0 aromatic heterocycles. The number of Topliss-reactive ketones (excluding diaryl/α,β-unsaturated/α-hetero) is 1. The van der Waals surface area contributed by atoms with Crippen LogP contribution in [0.3, 0.4) is 0 Å². The standard InChI is InChI=1S/C14H20N2O3S/c1-10-6-12(8-15)9-16(10)20(18,19)14-5-3-4-13(7-14)11(2)17/h3-5,7,10,12H,6,8-9,15H2,1-2H3. The van der Waals surface area contributed by atoms with Gasteiger partial charge in [0.2, 0.25) is 10.0 Å². The fraction of sp³-hybridized carbons (Fsp3) is 0.500. The second kappa shape index (κ2) is 5.63. The Balaban J connectivity index is 2.36. The minimum absolute atomic E-state index is 0.0606. The van der Waals surface area contributed by atoms with Crippen LogP contribution in [-0.4, -0.2) is 37.6 Å². The maximum absolute atomic E-state index is 12.7. The van der Waals surface area contributed by atoms with E-state index in [4.69, 9.17) is 5.73 Å². The molecule has 1 fully saturated rings. The number of hydrogen-bond donors (Lipinski definition) is 1. The fourth-order valence-corrected chi connectivity index (χ4v) is 4.39. The van der Waals surface area contributed by atoms with Gasteiger partial charge in [-0.2, -0.15) is 4.31 Å². The van der Waals surface area contributed by atoms with Crippen molar-refractivity contribution in [3.05, 3.63) is 29.8 Å². The predicted octanol–water partition coefficient (Wildman–Crippen LogP) is 1.25. The van der Waals surface area contributed by atoms with Crippen LogP contribution in [0.2, 0.25) is 0 Å². The van der Waals surface area contributed by atoms with Crippen LogP contribution >= 0.6 is 0 Å². The van der Waals surface area contributed by atoms with Crippen molar-refractivity contribution in [3.8, 4) is 0 Å². The lowest BCUT2D eigenvalue weighted by molar-refractivity contribution is 0.101. The largest absolute Gasteiger partial charge is 0.330 e. The van der Waals surface area contributed by atoms with Crippen LogP contribution in [0.5, 0.6) is 0 Å². The molecule has 0 amide bonds. The van der Waals surface area contributed by atoms with E-state index >= 15 is 0 Å². The second-order valence-corrected chi connectivity index (χ2v) is 7.24. The Morgan fingerprint density at radius 3 is 2.70 bits per heavy atom. The summed E-state index contributed by atoms with van der Waals surface area (Å²) < 4.78 is 26.8. The number of carbonyl (C=O) groups is 1. The summed E-state index contributed by atoms with van der Waals surface area (Å²) >= 11 is 0. The van der Waals surface area contributed by atoms with E-state index in [0.717, 1.165) is 6.42 Å². The summed E-state index contributed by atoms with van der Waals surface area (Å²) in [6, 6.07) is 6.14. The van der Waals surface area contributed by atoms with E-state index < -0.39 is 10.0 Å². The molecule has 0 saturated carbocycles. The number of sulfonamides is 1. The normalized spacial score (nSPS) is 23.9. The Hall–Kier alpha value is -1.24. The molecule has 2 unspecified atom stereocenters. The van der Waals surface area contributed by atoms with Gasteiger partial charge in [0, 0.05) is 18.2 Å². The van der Waals surface area contributed by atoms with Crippen molar-refractivity contribution in [2.24, 2.45) is 11.7 Å². The third-order valence-electron chi connectivity index (χ3n) is 3.78. The first-order chi connectivity index (χ1) is 9.36. The number of carbonyl (C=O) groups excluding carboxylic acids is 1. The van der Waals surface area contributed by atoms with Gasteiger partial charge in [-0.05, 0) is 44.9 Å². The highest BCUT2D eigenvalue weighted by atomic mass is 32.2. The van der Waals surface area contributed by atoms with Crippen molar-refractivity contribution >= 4 is 15.8 Å². The molecule has 1 heterocycles. The number of benzene rings is 1. The van der Waals surface area contributed by atoms with E-state index in [1.807, 2.05) is 6.92 Å². The molecule has 5 nitrogen and oxygen atoms in total. The van der Waals surface area contributed by atoms with Gasteiger partial charge in [0.15, 0.2) is 5.78 Å². The zero-order valence-electron chi connectivity index (χ0n) is 11.7. The summed E-state index contributed by atoms with van der Waals surface area (Å²) in [5, 5.41) is 0. The maximum Gasteiger partial charge on any atom is 0.243 e. The smallest absolute Gasteiger partial charge is 0.243 e. The van der Waals surface area contributed by atoms with Gasteiger partial charge in [-0.1, -0.05) is 12.1 Å². The molecule has 1 aliphatic rings. The van der Waals surface area contributed by atoms with Crippen LogP contribution in [0, 0.1) is 5.92 Å². The average Bonchev–Trinajstić information content (AvgIpc) is 2.81. The molecule has 0 radical (unpaired) electrons. The molecule has 110 valence electrons. The molecule has 1 aromatic carbocycles. The van der Waals surface area contributed by atoms with Crippen LogP contribution in [0.1, 0.15) is 30.6 Å². The topological polar surface area (TPSA) is 80.5 Å². The number of nitrogens with two attached hydrogens (primary N) is 1. The van der Waals surface area contributed by atoms with Crippen molar-refractivity contribution in [1.29, 1.82) is 0 Å². The predicted molar refractivity (Wildman–Crippen MR) is 77.0 cm³/mol. The average molecular weight is 296 g/mol. The molecular formula is C14H20N2O3S. The zero-order valence-corrected chi connectivity index (χ0v) is 12.6. The Morgan fingerprint density at radius 2 is 2.15 bits per heavy atom. The molecule has 0 bridgehead atoms. The van der Waals surface area contributed by atoms with Crippen LogP contribution in [-0.2, 0) is 10.0 Å². The van der Waals surface area contributed by atoms with E-state index in [1.165, 1.54) is 23.4 Å². The maximum atomic E-state index is 12.7. The van der Waals surface area contributed by atoms with Crippen molar-refractivity contribution in [1.82, 2.24) is 4.31 Å². The number of ketones is 1. The van der Waals surface area contributed by atoms with Gasteiger partial charge in [0.1, 0.15) is 0 Å².